The summed E-state index contributed by atoms with van der Waals surface area (Å²) in [5, 5.41) is 3.73. The maximum absolute atomic E-state index is 3.73. The minimum atomic E-state index is 0.631. The average Bonchev–Trinajstić information content (AvgIpc) is 2.40. The fourth-order valence-electron chi connectivity index (χ4n) is 3.42. The largest absolute Gasteiger partial charge is 0.314 e. The van der Waals surface area contributed by atoms with Crippen LogP contribution < -0.4 is 5.32 Å². The molecule has 3 unspecified atom stereocenters. The molecule has 3 atom stereocenters. The van der Waals surface area contributed by atoms with Crippen LogP contribution in [0.15, 0.2) is 28.7 Å². The summed E-state index contributed by atoms with van der Waals surface area (Å²) in [4.78, 5) is 0. The Hall–Kier alpha value is -0.340. The van der Waals surface area contributed by atoms with Crippen molar-refractivity contribution in [3.05, 3.63) is 34.3 Å². The Kier molecular flexibility index (Phi) is 5.90. The number of likely N-dealkylation sites (N-methyl/N-ethyl adjacent to an activating group) is 1. The highest BCUT2D eigenvalue weighted by molar-refractivity contribution is 9.10. The third-order valence-electron chi connectivity index (χ3n) is 4.41. The van der Waals surface area contributed by atoms with Crippen LogP contribution in [0.4, 0.5) is 0 Å². The van der Waals surface area contributed by atoms with Gasteiger partial charge < -0.3 is 5.32 Å². The van der Waals surface area contributed by atoms with E-state index in [9.17, 15) is 0 Å². The summed E-state index contributed by atoms with van der Waals surface area (Å²) in [5.41, 5.74) is 1.44. The van der Waals surface area contributed by atoms with E-state index < -0.39 is 0 Å². The topological polar surface area (TPSA) is 12.0 Å². The number of benzene rings is 1. The third kappa shape index (κ3) is 4.32. The van der Waals surface area contributed by atoms with Crippen LogP contribution >= 0.6 is 15.9 Å². The Morgan fingerprint density at radius 3 is 2.79 bits per heavy atom. The number of hydrogen-bond donors (Lipinski definition) is 1. The van der Waals surface area contributed by atoms with E-state index in [2.05, 4.69) is 59.4 Å². The maximum Gasteiger partial charge on any atom is 0.0207 e. The van der Waals surface area contributed by atoms with Gasteiger partial charge in [-0.3, -0.25) is 0 Å². The molecule has 0 heterocycles. The lowest BCUT2D eigenvalue weighted by Crippen LogP contribution is -2.40. The van der Waals surface area contributed by atoms with Crippen LogP contribution in [0.3, 0.4) is 0 Å². The fraction of sp³-hybridized carbons (Fsp3) is 0.647. The highest BCUT2D eigenvalue weighted by Gasteiger charge is 2.26. The van der Waals surface area contributed by atoms with Crippen molar-refractivity contribution in [1.82, 2.24) is 5.32 Å². The van der Waals surface area contributed by atoms with Crippen molar-refractivity contribution in [2.45, 2.75) is 52.0 Å². The molecule has 0 spiro atoms. The van der Waals surface area contributed by atoms with E-state index >= 15 is 0 Å². The zero-order valence-corrected chi connectivity index (χ0v) is 13.7. The fourth-order valence-corrected chi connectivity index (χ4v) is 3.86. The summed E-state index contributed by atoms with van der Waals surface area (Å²) in [6.07, 6.45) is 6.76. The monoisotopic (exact) mass is 323 g/mol. The van der Waals surface area contributed by atoms with Gasteiger partial charge in [0, 0.05) is 10.5 Å². The number of rotatable bonds is 5. The Morgan fingerprint density at radius 1 is 1.32 bits per heavy atom. The molecular weight excluding hydrogens is 298 g/mol. The highest BCUT2D eigenvalue weighted by Crippen LogP contribution is 2.32. The first-order valence-corrected chi connectivity index (χ1v) is 8.46. The van der Waals surface area contributed by atoms with E-state index in [1.165, 1.54) is 35.7 Å². The first-order chi connectivity index (χ1) is 9.20. The predicted octanol–water partition coefficient (Wildman–Crippen LogP) is 4.80. The Bertz CT molecular complexity index is 391. The summed E-state index contributed by atoms with van der Waals surface area (Å²) in [6.45, 7) is 5.70. The van der Waals surface area contributed by atoms with Gasteiger partial charge in [-0.05, 0) is 49.3 Å². The molecule has 1 aliphatic carbocycles. The van der Waals surface area contributed by atoms with Gasteiger partial charge in [0.25, 0.3) is 0 Å². The van der Waals surface area contributed by atoms with Crippen molar-refractivity contribution in [3.8, 4) is 0 Å². The van der Waals surface area contributed by atoms with Crippen LogP contribution in [0.2, 0.25) is 0 Å². The van der Waals surface area contributed by atoms with E-state index in [1.54, 1.807) is 0 Å². The van der Waals surface area contributed by atoms with Crippen molar-refractivity contribution in [2.75, 3.05) is 6.54 Å². The zero-order valence-electron chi connectivity index (χ0n) is 12.2. The number of nitrogens with one attached hydrogen (secondary N) is 1. The van der Waals surface area contributed by atoms with Gasteiger partial charge in [-0.1, -0.05) is 60.8 Å². The van der Waals surface area contributed by atoms with Crippen LogP contribution in [-0.2, 0) is 6.42 Å². The van der Waals surface area contributed by atoms with E-state index in [4.69, 9.17) is 0 Å². The molecule has 2 rings (SSSR count). The van der Waals surface area contributed by atoms with Crippen molar-refractivity contribution in [2.24, 2.45) is 11.8 Å². The van der Waals surface area contributed by atoms with E-state index in [0.29, 0.717) is 6.04 Å². The van der Waals surface area contributed by atoms with Crippen molar-refractivity contribution in [3.63, 3.8) is 0 Å². The van der Waals surface area contributed by atoms with Crippen LogP contribution in [0.1, 0.15) is 45.1 Å². The van der Waals surface area contributed by atoms with Gasteiger partial charge >= 0.3 is 0 Å². The maximum atomic E-state index is 3.73. The Labute approximate surface area is 126 Å². The van der Waals surface area contributed by atoms with Gasteiger partial charge in [-0.15, -0.1) is 0 Å². The van der Waals surface area contributed by atoms with Gasteiger partial charge in [0.05, 0.1) is 0 Å². The molecule has 2 heteroatoms. The first-order valence-electron chi connectivity index (χ1n) is 7.67. The molecule has 1 nitrogen and oxygen atoms in total. The van der Waals surface area contributed by atoms with Gasteiger partial charge in [0.15, 0.2) is 0 Å². The van der Waals surface area contributed by atoms with Crippen molar-refractivity contribution >= 4 is 15.9 Å². The normalized spacial score (nSPS) is 25.2. The minimum absolute atomic E-state index is 0.631. The molecule has 0 radical (unpaired) electrons. The summed E-state index contributed by atoms with van der Waals surface area (Å²) in [6, 6.07) is 9.28. The van der Waals surface area contributed by atoms with Crippen LogP contribution in [0.25, 0.3) is 0 Å². The summed E-state index contributed by atoms with van der Waals surface area (Å²) < 4.78 is 1.25. The first kappa shape index (κ1) is 15.1. The molecule has 1 fully saturated rings. The van der Waals surface area contributed by atoms with Gasteiger partial charge in [0.1, 0.15) is 0 Å². The van der Waals surface area contributed by atoms with E-state index in [0.717, 1.165) is 24.8 Å². The SMILES string of the molecule is CCNC(Cc1ccccc1Br)C1CCCC(C)C1. The molecule has 1 aromatic rings. The molecule has 19 heavy (non-hydrogen) atoms. The van der Waals surface area contributed by atoms with Crippen LogP contribution in [0.5, 0.6) is 0 Å². The van der Waals surface area contributed by atoms with E-state index in [1.807, 2.05) is 0 Å². The van der Waals surface area contributed by atoms with Gasteiger partial charge in [-0.2, -0.15) is 0 Å². The number of hydrogen-bond acceptors (Lipinski definition) is 1. The quantitative estimate of drug-likeness (QED) is 0.821. The molecule has 0 saturated heterocycles. The molecule has 0 bridgehead atoms. The molecule has 1 aliphatic rings. The summed E-state index contributed by atoms with van der Waals surface area (Å²) >= 11 is 3.68. The molecule has 0 aliphatic heterocycles. The predicted molar refractivity (Wildman–Crippen MR) is 86.4 cm³/mol. The molecule has 0 aromatic heterocycles. The molecular formula is C17H26BrN. The second kappa shape index (κ2) is 7.44. The van der Waals surface area contributed by atoms with E-state index in [-0.39, 0.29) is 0 Å². The highest BCUT2D eigenvalue weighted by atomic mass is 79.9. The third-order valence-corrected chi connectivity index (χ3v) is 5.18. The van der Waals surface area contributed by atoms with Gasteiger partial charge in [-0.25, -0.2) is 0 Å². The smallest absolute Gasteiger partial charge is 0.0207 e. The van der Waals surface area contributed by atoms with Crippen LogP contribution in [0, 0.1) is 11.8 Å². The summed E-state index contributed by atoms with van der Waals surface area (Å²) in [5.74, 6) is 1.75. The number of halogens is 1. The molecule has 0 amide bonds. The van der Waals surface area contributed by atoms with Gasteiger partial charge in [0.2, 0.25) is 0 Å². The average molecular weight is 324 g/mol. The lowest BCUT2D eigenvalue weighted by molar-refractivity contribution is 0.222. The molecule has 1 aromatic carbocycles. The lowest BCUT2D eigenvalue weighted by Gasteiger charge is -2.34. The van der Waals surface area contributed by atoms with Crippen LogP contribution in [-0.4, -0.2) is 12.6 Å². The molecule has 1 N–H and O–H groups in total. The molecule has 106 valence electrons. The second-order valence-corrected chi connectivity index (χ2v) is 6.85. The lowest BCUT2D eigenvalue weighted by atomic mass is 9.77. The Morgan fingerprint density at radius 2 is 2.11 bits per heavy atom. The van der Waals surface area contributed by atoms with Crippen molar-refractivity contribution in [1.29, 1.82) is 0 Å². The standard InChI is InChI=1S/C17H26BrN/c1-3-19-17(15-9-6-7-13(2)11-15)12-14-8-4-5-10-16(14)18/h4-5,8,10,13,15,17,19H,3,6-7,9,11-12H2,1-2H3. The molecule has 1 saturated carbocycles. The Balaban J connectivity index is 2.05. The summed E-state index contributed by atoms with van der Waals surface area (Å²) in [7, 11) is 0. The second-order valence-electron chi connectivity index (χ2n) is 5.99. The minimum Gasteiger partial charge on any atom is -0.314 e. The van der Waals surface area contributed by atoms with Crippen molar-refractivity contribution < 1.29 is 0 Å². The zero-order chi connectivity index (χ0) is 13.7.